The maximum absolute atomic E-state index is 12.9. The van der Waals surface area contributed by atoms with E-state index in [4.69, 9.17) is 26.1 Å². The van der Waals surface area contributed by atoms with Crippen molar-refractivity contribution in [1.29, 1.82) is 10.5 Å². The summed E-state index contributed by atoms with van der Waals surface area (Å²) in [5.74, 6) is 1.83. The highest BCUT2D eigenvalue weighted by Crippen LogP contribution is 2.41. The van der Waals surface area contributed by atoms with Crippen LogP contribution in [0.4, 0.5) is 27.9 Å². The molecule has 1 saturated carbocycles. The number of hydrogen-bond donors (Lipinski definition) is 1. The van der Waals surface area contributed by atoms with E-state index in [9.17, 15) is 15.3 Å². The first kappa shape index (κ1) is 33.2. The molecule has 2 atom stereocenters. The number of likely N-dealkylation sites (tertiary alicyclic amines) is 1. The number of piperidine rings is 1. The average Bonchev–Trinajstić information content (AvgIpc) is 3.72. The third kappa shape index (κ3) is 6.66. The molecule has 0 bridgehead atoms. The zero-order valence-electron chi connectivity index (χ0n) is 28.6. The van der Waals surface area contributed by atoms with Crippen molar-refractivity contribution in [2.45, 2.75) is 70.7 Å². The number of carbonyl (C=O) groups excluding carboxylic acids is 1. The molecule has 2 unspecified atom stereocenters. The maximum atomic E-state index is 12.9. The summed E-state index contributed by atoms with van der Waals surface area (Å²) in [7, 11) is 1.64. The first-order chi connectivity index (χ1) is 24.0. The van der Waals surface area contributed by atoms with Crippen LogP contribution >= 0.6 is 11.6 Å². The van der Waals surface area contributed by atoms with Gasteiger partial charge in [0.25, 0.3) is 0 Å². The fourth-order valence-electron chi connectivity index (χ4n) is 6.95. The number of carbonyl (C=O) groups is 1. The van der Waals surface area contributed by atoms with Crippen LogP contribution in [0.25, 0.3) is 5.65 Å². The molecule has 50 heavy (non-hydrogen) atoms. The quantitative estimate of drug-likeness (QED) is 0.222. The molecule has 2 saturated heterocycles. The van der Waals surface area contributed by atoms with Crippen molar-refractivity contribution in [3.63, 3.8) is 0 Å². The Hall–Kier alpha value is -5.27. The van der Waals surface area contributed by atoms with Crippen molar-refractivity contribution in [2.75, 3.05) is 41.9 Å². The average molecular weight is 695 g/mol. The molecule has 4 heterocycles. The number of methoxy groups -OCH3 is 1. The molecule has 1 aliphatic carbocycles. The van der Waals surface area contributed by atoms with Gasteiger partial charge in [0, 0.05) is 38.3 Å². The fourth-order valence-corrected chi connectivity index (χ4v) is 7.22. The van der Waals surface area contributed by atoms with Gasteiger partial charge in [-0.1, -0.05) is 23.7 Å². The van der Waals surface area contributed by atoms with E-state index in [0.29, 0.717) is 53.9 Å². The van der Waals surface area contributed by atoms with Crippen LogP contribution in [-0.4, -0.2) is 75.0 Å². The Morgan fingerprint density at radius 1 is 1.10 bits per heavy atom. The number of nitrogens with zero attached hydrogens (tertiary/aromatic N) is 9. The number of fused-ring (bicyclic) bond motifs is 2. The standard InChI is InChI=1S/C36H39ClN10O3/c1-36(2,3)50-35(48)45-14-11-24-21-44(13-12-29(24)45)30-16-23(17-38)15-28(31(30)37)41-34-42-33(32-40-19-26(18-39)47(32)43-34)46(25-7-8-25)20-22-5-9-27(49-4)10-6-22/h5-6,9-10,15-16,19,24-25,29H,7-8,11-14,20-21H2,1-4H3,(H,41,43). The summed E-state index contributed by atoms with van der Waals surface area (Å²) in [5.41, 5.74) is 2.89. The maximum Gasteiger partial charge on any atom is 0.410 e. The highest BCUT2D eigenvalue weighted by Gasteiger charge is 2.42. The zero-order valence-corrected chi connectivity index (χ0v) is 29.3. The van der Waals surface area contributed by atoms with Gasteiger partial charge in [0.1, 0.15) is 17.4 Å². The molecule has 0 radical (unpaired) electrons. The number of rotatable bonds is 8. The highest BCUT2D eigenvalue weighted by atomic mass is 35.5. The van der Waals surface area contributed by atoms with E-state index in [1.807, 2.05) is 49.9 Å². The van der Waals surface area contributed by atoms with Gasteiger partial charge in [-0.15, -0.1) is 5.10 Å². The Bertz CT molecular complexity index is 2010. The number of nitriles is 2. The van der Waals surface area contributed by atoms with Crippen LogP contribution in [0, 0.1) is 28.6 Å². The number of aromatic nitrogens is 4. The molecule has 258 valence electrons. The summed E-state index contributed by atoms with van der Waals surface area (Å²) in [6.45, 7) is 8.20. The van der Waals surface area contributed by atoms with Gasteiger partial charge in [0.2, 0.25) is 5.95 Å². The van der Waals surface area contributed by atoms with Crippen LogP contribution in [0.2, 0.25) is 5.02 Å². The summed E-state index contributed by atoms with van der Waals surface area (Å²) in [4.78, 5) is 28.7. The molecule has 0 spiro atoms. The normalized spacial score (nSPS) is 18.7. The lowest BCUT2D eigenvalue weighted by Gasteiger charge is -2.39. The summed E-state index contributed by atoms with van der Waals surface area (Å²) >= 11 is 7.12. The Morgan fingerprint density at radius 3 is 2.56 bits per heavy atom. The predicted molar refractivity (Wildman–Crippen MR) is 189 cm³/mol. The van der Waals surface area contributed by atoms with Gasteiger partial charge in [0.15, 0.2) is 17.2 Å². The molecule has 3 fully saturated rings. The number of halogens is 1. The molecule has 2 aliphatic heterocycles. The number of anilines is 4. The van der Waals surface area contributed by atoms with Crippen LogP contribution < -0.4 is 19.9 Å². The smallest absolute Gasteiger partial charge is 0.410 e. The molecule has 14 heteroatoms. The second-order valence-corrected chi connectivity index (χ2v) is 14.5. The Kier molecular flexibility index (Phi) is 8.78. The van der Waals surface area contributed by atoms with Crippen LogP contribution in [0.3, 0.4) is 0 Å². The van der Waals surface area contributed by atoms with Gasteiger partial charge < -0.3 is 29.5 Å². The number of nitrogens with one attached hydrogen (secondary N) is 1. The van der Waals surface area contributed by atoms with Crippen molar-refractivity contribution in [2.24, 2.45) is 5.92 Å². The molecule has 1 N–H and O–H groups in total. The van der Waals surface area contributed by atoms with Gasteiger partial charge in [-0.05, 0) is 82.2 Å². The van der Waals surface area contributed by atoms with E-state index in [-0.39, 0.29) is 35.7 Å². The second-order valence-electron chi connectivity index (χ2n) is 14.1. The largest absolute Gasteiger partial charge is 0.497 e. The Balaban J connectivity index is 1.18. The fraction of sp³-hybridized carbons (Fsp3) is 0.444. The number of amides is 1. The number of imidazole rings is 1. The predicted octanol–water partition coefficient (Wildman–Crippen LogP) is 6.28. The lowest BCUT2D eigenvalue weighted by atomic mass is 9.92. The highest BCUT2D eigenvalue weighted by molar-refractivity contribution is 6.36. The van der Waals surface area contributed by atoms with Gasteiger partial charge >= 0.3 is 6.09 Å². The van der Waals surface area contributed by atoms with E-state index in [1.54, 1.807) is 19.2 Å². The van der Waals surface area contributed by atoms with E-state index in [2.05, 4.69) is 37.3 Å². The third-order valence-corrected chi connectivity index (χ3v) is 9.86. The second kappa shape index (κ2) is 13.2. The van der Waals surface area contributed by atoms with Crippen molar-refractivity contribution < 1.29 is 14.3 Å². The van der Waals surface area contributed by atoms with Crippen molar-refractivity contribution in [3.05, 3.63) is 64.4 Å². The van der Waals surface area contributed by atoms with Gasteiger partial charge in [-0.2, -0.15) is 20.0 Å². The molecule has 2 aromatic carbocycles. The summed E-state index contributed by atoms with van der Waals surface area (Å²) in [6.07, 6.45) is 4.85. The first-order valence-corrected chi connectivity index (χ1v) is 17.2. The van der Waals surface area contributed by atoms with E-state index in [1.165, 1.54) is 10.7 Å². The SMILES string of the molecule is COc1ccc(CN(c2nc(Nc3cc(C#N)cc(N4CCC5C(CCN5C(=O)OC(C)(C)C)C4)c3Cl)nn3c(C#N)cnc23)C2CC2)cc1. The zero-order chi connectivity index (χ0) is 35.2. The molecular formula is C36H39ClN10O3. The summed E-state index contributed by atoms with van der Waals surface area (Å²) < 4.78 is 12.5. The molecule has 7 rings (SSSR count). The van der Waals surface area contributed by atoms with Crippen LogP contribution in [0.5, 0.6) is 5.75 Å². The molecule has 1 amide bonds. The minimum absolute atomic E-state index is 0.0898. The van der Waals surface area contributed by atoms with E-state index in [0.717, 1.165) is 42.7 Å². The van der Waals surface area contributed by atoms with Crippen molar-refractivity contribution in [3.8, 4) is 17.9 Å². The molecule has 4 aromatic rings. The number of benzene rings is 2. The number of hydrogen-bond acceptors (Lipinski definition) is 11. The monoisotopic (exact) mass is 694 g/mol. The minimum Gasteiger partial charge on any atom is -0.497 e. The van der Waals surface area contributed by atoms with E-state index >= 15 is 0 Å². The van der Waals surface area contributed by atoms with Crippen LogP contribution in [0.15, 0.2) is 42.6 Å². The first-order valence-electron chi connectivity index (χ1n) is 16.9. The molecule has 13 nitrogen and oxygen atoms in total. The Morgan fingerprint density at radius 2 is 1.88 bits per heavy atom. The molecule has 2 aromatic heterocycles. The Labute approximate surface area is 296 Å². The van der Waals surface area contributed by atoms with Gasteiger partial charge in [0.05, 0.1) is 41.3 Å². The van der Waals surface area contributed by atoms with Gasteiger partial charge in [-0.3, -0.25) is 0 Å². The lowest BCUT2D eigenvalue weighted by Crippen LogP contribution is -2.48. The van der Waals surface area contributed by atoms with Crippen molar-refractivity contribution in [1.82, 2.24) is 24.5 Å². The summed E-state index contributed by atoms with van der Waals surface area (Å²) in [5, 5.41) is 28.3. The van der Waals surface area contributed by atoms with Crippen LogP contribution in [0.1, 0.15) is 63.3 Å². The topological polar surface area (TPSA) is 148 Å². The molecule has 3 aliphatic rings. The number of ether oxygens (including phenoxy) is 2. The van der Waals surface area contributed by atoms with E-state index < -0.39 is 5.60 Å². The minimum atomic E-state index is -0.555. The summed E-state index contributed by atoms with van der Waals surface area (Å²) in [6, 6.07) is 16.2. The van der Waals surface area contributed by atoms with Crippen molar-refractivity contribution >= 4 is 46.5 Å². The lowest BCUT2D eigenvalue weighted by molar-refractivity contribution is 0.0194. The molecular weight excluding hydrogens is 656 g/mol. The van der Waals surface area contributed by atoms with Gasteiger partial charge in [-0.25, -0.2) is 9.78 Å². The van der Waals surface area contributed by atoms with Crippen LogP contribution in [-0.2, 0) is 11.3 Å². The third-order valence-electron chi connectivity index (χ3n) is 9.46.